The van der Waals surface area contributed by atoms with Gasteiger partial charge < -0.3 is 24.5 Å². The van der Waals surface area contributed by atoms with E-state index in [0.717, 1.165) is 54.9 Å². The van der Waals surface area contributed by atoms with Crippen LogP contribution >= 0.6 is 23.4 Å². The zero-order valence-electron chi connectivity index (χ0n) is 22.8. The molecule has 2 aliphatic carbocycles. The number of H-pyrrole nitrogens is 1. The highest BCUT2D eigenvalue weighted by molar-refractivity contribution is 7.98. The lowest BCUT2D eigenvalue weighted by Crippen LogP contribution is -2.57. The van der Waals surface area contributed by atoms with Gasteiger partial charge in [-0.25, -0.2) is 0 Å². The highest BCUT2D eigenvalue weighted by Crippen LogP contribution is 2.48. The molecule has 2 N–H and O–H groups in total. The quantitative estimate of drug-likeness (QED) is 0.384. The molecule has 3 heterocycles. The lowest BCUT2D eigenvalue weighted by Gasteiger charge is -2.47. The van der Waals surface area contributed by atoms with Crippen LogP contribution in [0.3, 0.4) is 0 Å². The molecule has 2 saturated heterocycles. The van der Waals surface area contributed by atoms with E-state index in [2.05, 4.69) is 15.2 Å². The Kier molecular flexibility index (Phi) is 8.04. The number of carbonyl (C=O) groups excluding carboxylic acids is 1. The summed E-state index contributed by atoms with van der Waals surface area (Å²) in [7, 11) is 1.78. The first-order valence-electron chi connectivity index (χ1n) is 13.4. The number of nitrogens with zero attached hydrogens (tertiary/aromatic N) is 1. The maximum atomic E-state index is 13.2. The van der Waals surface area contributed by atoms with Crippen LogP contribution in [0, 0.1) is 12.8 Å². The van der Waals surface area contributed by atoms with Crippen molar-refractivity contribution in [2.75, 3.05) is 26.5 Å². The van der Waals surface area contributed by atoms with Gasteiger partial charge in [0.2, 0.25) is 5.79 Å². The number of likely N-dealkylation sites (tertiary alicyclic amines) is 1. The van der Waals surface area contributed by atoms with Crippen molar-refractivity contribution in [3.05, 3.63) is 50.7 Å². The molecule has 1 amide bonds. The van der Waals surface area contributed by atoms with Gasteiger partial charge in [0, 0.05) is 72.9 Å². The SMILES string of the molecule is COC1CN(C2CCC([C@]3(C)OC4=C(C)C(C(=O)NCc5c(SC)cc(C)[nH]c5=O)=CC(Cl)C4O3)CC2)C1. The van der Waals surface area contributed by atoms with Gasteiger partial charge in [-0.2, -0.15) is 0 Å². The summed E-state index contributed by atoms with van der Waals surface area (Å²) in [6.07, 6.45) is 7.87. The van der Waals surface area contributed by atoms with Gasteiger partial charge in [-0.1, -0.05) is 6.08 Å². The molecule has 10 heteroatoms. The van der Waals surface area contributed by atoms with Crippen molar-refractivity contribution in [1.29, 1.82) is 0 Å². The average Bonchev–Trinajstić information content (AvgIpc) is 3.24. The van der Waals surface area contributed by atoms with Gasteiger partial charge in [-0.3, -0.25) is 14.5 Å². The predicted molar refractivity (Wildman–Crippen MR) is 148 cm³/mol. The number of halogens is 1. The fourth-order valence-electron chi connectivity index (χ4n) is 6.22. The highest BCUT2D eigenvalue weighted by Gasteiger charge is 2.52. The van der Waals surface area contributed by atoms with Crippen LogP contribution in [-0.4, -0.2) is 71.7 Å². The summed E-state index contributed by atoms with van der Waals surface area (Å²) in [5.41, 5.74) is 2.33. The van der Waals surface area contributed by atoms with Crippen LogP contribution in [0.15, 0.2) is 38.7 Å². The van der Waals surface area contributed by atoms with E-state index in [4.69, 9.17) is 25.8 Å². The van der Waals surface area contributed by atoms with Crippen molar-refractivity contribution < 1.29 is 19.0 Å². The number of alkyl halides is 1. The Hall–Kier alpha value is -1.78. The van der Waals surface area contributed by atoms with Gasteiger partial charge in [0.05, 0.1) is 11.5 Å². The van der Waals surface area contributed by atoms with Crippen molar-refractivity contribution in [1.82, 2.24) is 15.2 Å². The number of ether oxygens (including phenoxy) is 3. The van der Waals surface area contributed by atoms with Gasteiger partial charge in [-0.15, -0.1) is 23.4 Å². The Morgan fingerprint density at radius 3 is 2.66 bits per heavy atom. The molecule has 2 aliphatic heterocycles. The van der Waals surface area contributed by atoms with Crippen LogP contribution < -0.4 is 10.9 Å². The summed E-state index contributed by atoms with van der Waals surface area (Å²) in [5.74, 6) is -0.159. The maximum Gasteiger partial charge on any atom is 0.254 e. The number of fused-ring (bicyclic) bond motifs is 1. The van der Waals surface area contributed by atoms with Crippen molar-refractivity contribution in [2.24, 2.45) is 5.92 Å². The van der Waals surface area contributed by atoms with Crippen molar-refractivity contribution in [3.63, 3.8) is 0 Å². The number of rotatable bonds is 7. The summed E-state index contributed by atoms with van der Waals surface area (Å²) >= 11 is 8.23. The minimum atomic E-state index is -0.772. The van der Waals surface area contributed by atoms with E-state index < -0.39 is 17.3 Å². The fourth-order valence-corrected chi connectivity index (χ4v) is 7.22. The first-order chi connectivity index (χ1) is 18.1. The number of aryl methyl sites for hydroxylation is 1. The Balaban J connectivity index is 1.24. The smallest absolute Gasteiger partial charge is 0.254 e. The van der Waals surface area contributed by atoms with Gasteiger partial charge in [0.1, 0.15) is 11.9 Å². The number of methoxy groups -OCH3 is 1. The lowest BCUT2D eigenvalue weighted by atomic mass is 9.80. The molecule has 0 spiro atoms. The normalized spacial score (nSPS) is 31.9. The summed E-state index contributed by atoms with van der Waals surface area (Å²) in [6.45, 7) is 7.90. The minimum absolute atomic E-state index is 0.126. The molecule has 1 aromatic rings. The average molecular weight is 564 g/mol. The minimum Gasteiger partial charge on any atom is -0.464 e. The molecule has 3 fully saturated rings. The monoisotopic (exact) mass is 563 g/mol. The van der Waals surface area contributed by atoms with Gasteiger partial charge in [0.25, 0.3) is 11.5 Å². The molecule has 0 radical (unpaired) electrons. The molecular formula is C28H38ClN3O5S. The number of amides is 1. The van der Waals surface area contributed by atoms with Crippen LogP contribution in [0.4, 0.5) is 0 Å². The molecule has 0 bridgehead atoms. The predicted octanol–water partition coefficient (Wildman–Crippen LogP) is 3.86. The van der Waals surface area contributed by atoms with E-state index in [0.29, 0.717) is 29.0 Å². The molecular weight excluding hydrogens is 526 g/mol. The molecule has 0 aromatic carbocycles. The number of carbonyl (C=O) groups is 1. The summed E-state index contributed by atoms with van der Waals surface area (Å²) in [5, 5.41) is 2.39. The van der Waals surface area contributed by atoms with Gasteiger partial charge >= 0.3 is 0 Å². The Morgan fingerprint density at radius 2 is 2.00 bits per heavy atom. The van der Waals surface area contributed by atoms with Crippen LogP contribution in [0.25, 0.3) is 0 Å². The molecule has 4 aliphatic rings. The number of pyridine rings is 1. The third kappa shape index (κ3) is 5.20. The van der Waals surface area contributed by atoms with E-state index in [1.54, 1.807) is 13.2 Å². The van der Waals surface area contributed by atoms with Gasteiger partial charge in [-0.05, 0) is 51.9 Å². The third-order valence-corrected chi connectivity index (χ3v) is 9.76. The van der Waals surface area contributed by atoms with Gasteiger partial charge in [0.15, 0.2) is 0 Å². The largest absolute Gasteiger partial charge is 0.464 e. The number of hydrogen-bond donors (Lipinski definition) is 2. The molecule has 8 nitrogen and oxygen atoms in total. The summed E-state index contributed by atoms with van der Waals surface area (Å²) in [4.78, 5) is 31.9. The number of aromatic nitrogens is 1. The molecule has 208 valence electrons. The summed E-state index contributed by atoms with van der Waals surface area (Å²) in [6, 6.07) is 2.51. The molecule has 1 saturated carbocycles. The van der Waals surface area contributed by atoms with Crippen LogP contribution in [0.2, 0.25) is 0 Å². The fraction of sp³-hybridized carbons (Fsp3) is 0.643. The Morgan fingerprint density at radius 1 is 1.29 bits per heavy atom. The van der Waals surface area contributed by atoms with Crippen molar-refractivity contribution in [2.45, 2.75) is 87.3 Å². The molecule has 38 heavy (non-hydrogen) atoms. The number of hydrogen-bond acceptors (Lipinski definition) is 7. The Bertz CT molecular complexity index is 1200. The van der Waals surface area contributed by atoms with E-state index in [1.807, 2.05) is 33.1 Å². The van der Waals surface area contributed by atoms with Crippen LogP contribution in [0.1, 0.15) is 50.8 Å². The number of aromatic amines is 1. The molecule has 3 atom stereocenters. The second-order valence-electron chi connectivity index (χ2n) is 11.0. The zero-order chi connectivity index (χ0) is 27.2. The molecule has 1 aromatic heterocycles. The topological polar surface area (TPSA) is 92.9 Å². The second-order valence-corrected chi connectivity index (χ2v) is 12.4. The highest BCUT2D eigenvalue weighted by atomic mass is 35.5. The van der Waals surface area contributed by atoms with E-state index in [9.17, 15) is 9.59 Å². The first kappa shape index (κ1) is 27.8. The van der Waals surface area contributed by atoms with Crippen LogP contribution in [0.5, 0.6) is 0 Å². The standard InChI is InChI=1S/C28H38ClN3O5S/c1-15-10-23(38-5)21(27(34)31-15)12-30-26(33)20-11-22(29)25-24(16(20)2)36-28(3,37-25)17-6-8-18(9-7-17)32-13-19(14-32)35-4/h10-11,17-19,22,25H,6-9,12-14H2,1-5H3,(H,30,33)(H,31,34)/t17?,18?,22?,25?,28-/m1/s1. The second kappa shape index (κ2) is 11.0. The van der Waals surface area contributed by atoms with Crippen molar-refractivity contribution in [3.8, 4) is 0 Å². The zero-order valence-corrected chi connectivity index (χ0v) is 24.3. The van der Waals surface area contributed by atoms with Crippen molar-refractivity contribution >= 4 is 29.3 Å². The summed E-state index contributed by atoms with van der Waals surface area (Å²) < 4.78 is 18.4. The molecule has 2 unspecified atom stereocenters. The number of nitrogens with one attached hydrogen (secondary N) is 2. The van der Waals surface area contributed by atoms with E-state index in [1.165, 1.54) is 11.8 Å². The van der Waals surface area contributed by atoms with Crippen LogP contribution in [-0.2, 0) is 25.5 Å². The first-order valence-corrected chi connectivity index (χ1v) is 15.0. The third-order valence-electron chi connectivity index (χ3n) is 8.61. The van der Waals surface area contributed by atoms with E-state index in [-0.39, 0.29) is 23.9 Å². The molecule has 5 rings (SSSR count). The lowest BCUT2D eigenvalue weighted by molar-refractivity contribution is -0.195. The Labute approximate surface area is 233 Å². The van der Waals surface area contributed by atoms with E-state index >= 15 is 0 Å². The maximum absolute atomic E-state index is 13.2. The number of thioether (sulfide) groups is 1.